The third-order valence-corrected chi connectivity index (χ3v) is 3.39. The number of aliphatic hydroxyl groups excluding tert-OH is 3. The first-order chi connectivity index (χ1) is 14.6. The summed E-state index contributed by atoms with van der Waals surface area (Å²) in [6.45, 7) is -0.491. The molecule has 0 aromatic carbocycles. The summed E-state index contributed by atoms with van der Waals surface area (Å²) in [5, 5.41) is 32.5. The van der Waals surface area contributed by atoms with Crippen molar-refractivity contribution in [2.75, 3.05) is 12.3 Å². The molecule has 32 heavy (non-hydrogen) atoms. The fourth-order valence-electron chi connectivity index (χ4n) is 2.35. The first-order valence-corrected chi connectivity index (χ1v) is 10.9. The zero-order chi connectivity index (χ0) is 24.9. The van der Waals surface area contributed by atoms with E-state index in [0.717, 1.165) is 0 Å². The Kier molecular flexibility index (Phi) is 9.57. The second-order valence-electron chi connectivity index (χ2n) is 5.66. The molecule has 3 rings (SSSR count). The maximum absolute atomic E-state index is 10.1. The zero-order valence-electron chi connectivity index (χ0n) is 15.4. The predicted octanol–water partition coefficient (Wildman–Crippen LogP) is -2.90. The number of fused-ring (bicyclic) bond motifs is 1. The molecule has 22 heteroatoms. The Balaban J connectivity index is 0.000000431. The van der Waals surface area contributed by atoms with E-state index < -0.39 is 46.8 Å². The molecule has 1 saturated heterocycles. The molecule has 4 atom stereocenters. The van der Waals surface area contributed by atoms with Crippen LogP contribution in [0.2, 0.25) is 0 Å². The number of imidazole rings is 1. The van der Waals surface area contributed by atoms with Crippen LogP contribution in [0.1, 0.15) is 6.23 Å². The van der Waals surface area contributed by atoms with E-state index in [2.05, 4.69) is 25.0 Å². The summed E-state index contributed by atoms with van der Waals surface area (Å²) < 4.78 is 24.4. The van der Waals surface area contributed by atoms with Gasteiger partial charge in [-0.3, -0.25) is 4.57 Å². The Hall–Kier alpha value is -2.28. The van der Waals surface area contributed by atoms with E-state index in [1.54, 1.807) is 0 Å². The SMILES string of the molecule is O=P(O)(O)O.O=P(O)(O)O.[N-]=[N+]=Nc1nc2c(N)ncnc2n1[C@@H]1O[C@H](CO)[C@@H](O)[C@H]1O. The lowest BCUT2D eigenvalue weighted by Crippen LogP contribution is -2.33. The number of hydrogen-bond donors (Lipinski definition) is 10. The van der Waals surface area contributed by atoms with Gasteiger partial charge in [-0.2, -0.15) is 0 Å². The van der Waals surface area contributed by atoms with Crippen LogP contribution in [-0.2, 0) is 13.9 Å². The minimum Gasteiger partial charge on any atom is -0.394 e. The molecule has 0 bridgehead atoms. The zero-order valence-corrected chi connectivity index (χ0v) is 17.2. The van der Waals surface area contributed by atoms with Crippen molar-refractivity contribution < 1.29 is 58.5 Å². The van der Waals surface area contributed by atoms with Gasteiger partial charge >= 0.3 is 15.6 Å². The van der Waals surface area contributed by atoms with Gasteiger partial charge in [0.25, 0.3) is 0 Å². The Morgan fingerprint density at radius 2 is 1.66 bits per heavy atom. The van der Waals surface area contributed by atoms with Crippen molar-refractivity contribution in [1.82, 2.24) is 19.5 Å². The molecule has 0 aliphatic carbocycles. The Morgan fingerprint density at radius 1 is 1.12 bits per heavy atom. The number of phosphoric acid groups is 2. The number of nitrogen functional groups attached to an aromatic ring is 1. The molecule has 0 radical (unpaired) electrons. The number of azide groups is 1. The third-order valence-electron chi connectivity index (χ3n) is 3.39. The number of aromatic nitrogens is 4. The van der Waals surface area contributed by atoms with Crippen molar-refractivity contribution in [1.29, 1.82) is 0 Å². The van der Waals surface area contributed by atoms with Crippen LogP contribution in [0, 0.1) is 0 Å². The summed E-state index contributed by atoms with van der Waals surface area (Å²) in [5.41, 5.74) is 14.7. The largest absolute Gasteiger partial charge is 0.466 e. The Bertz CT molecular complexity index is 1030. The van der Waals surface area contributed by atoms with Crippen molar-refractivity contribution in [2.45, 2.75) is 24.5 Å². The minimum atomic E-state index is -4.64. The van der Waals surface area contributed by atoms with Gasteiger partial charge in [-0.1, -0.05) is 0 Å². The van der Waals surface area contributed by atoms with E-state index >= 15 is 0 Å². The molecule has 2 aromatic rings. The van der Waals surface area contributed by atoms with E-state index in [-0.39, 0.29) is 22.9 Å². The second kappa shape index (κ2) is 11.0. The highest BCUT2D eigenvalue weighted by molar-refractivity contribution is 7.45. The number of hydrogen-bond acceptors (Lipinski definition) is 11. The average Bonchev–Trinajstić information content (AvgIpc) is 3.11. The molecule has 180 valence electrons. The highest BCUT2D eigenvalue weighted by Gasteiger charge is 2.44. The topological polar surface area (TPSA) is 344 Å². The smallest absolute Gasteiger partial charge is 0.394 e. The first kappa shape index (κ1) is 27.8. The summed E-state index contributed by atoms with van der Waals surface area (Å²) in [5.74, 6) is -0.0931. The van der Waals surface area contributed by atoms with Crippen molar-refractivity contribution >= 4 is 38.6 Å². The van der Waals surface area contributed by atoms with Gasteiger partial charge in [-0.15, -0.1) is 0 Å². The van der Waals surface area contributed by atoms with Crippen LogP contribution in [0.4, 0.5) is 11.8 Å². The molecular formula is C10H18N8O12P2. The molecular weight excluding hydrogens is 486 g/mol. The summed E-state index contributed by atoms with van der Waals surface area (Å²) in [6, 6.07) is 0. The molecule has 20 nitrogen and oxygen atoms in total. The molecule has 1 aliphatic rings. The maximum atomic E-state index is 10.1. The van der Waals surface area contributed by atoms with Gasteiger partial charge in [0, 0.05) is 4.91 Å². The molecule has 0 spiro atoms. The molecule has 1 fully saturated rings. The van der Waals surface area contributed by atoms with Crippen LogP contribution in [0.15, 0.2) is 11.4 Å². The highest BCUT2D eigenvalue weighted by Crippen LogP contribution is 2.35. The predicted molar refractivity (Wildman–Crippen MR) is 100 cm³/mol. The van der Waals surface area contributed by atoms with Gasteiger partial charge in [0.2, 0.25) is 5.95 Å². The van der Waals surface area contributed by atoms with Crippen LogP contribution < -0.4 is 5.73 Å². The lowest BCUT2D eigenvalue weighted by Gasteiger charge is -2.17. The van der Waals surface area contributed by atoms with Crippen LogP contribution >= 0.6 is 15.6 Å². The number of ether oxygens (including phenoxy) is 1. The van der Waals surface area contributed by atoms with Crippen LogP contribution in [-0.4, -0.2) is 89.1 Å². The van der Waals surface area contributed by atoms with Gasteiger partial charge < -0.3 is 55.2 Å². The molecule has 0 amide bonds. The normalized spacial score (nSPS) is 22.9. The van der Waals surface area contributed by atoms with Crippen LogP contribution in [0.5, 0.6) is 0 Å². The van der Waals surface area contributed by atoms with Gasteiger partial charge in [0.15, 0.2) is 23.2 Å². The van der Waals surface area contributed by atoms with E-state index in [4.69, 9.17) is 59.6 Å². The molecule has 0 unspecified atom stereocenters. The van der Waals surface area contributed by atoms with Crippen molar-refractivity contribution in [3.8, 4) is 0 Å². The van der Waals surface area contributed by atoms with Crippen molar-refractivity contribution in [2.24, 2.45) is 5.11 Å². The molecule has 2 aromatic heterocycles. The molecule has 0 saturated carbocycles. The number of rotatable bonds is 3. The number of nitrogens with zero attached hydrogens (tertiary/aromatic N) is 7. The Labute approximate surface area is 176 Å². The number of nitrogens with two attached hydrogens (primary N) is 1. The van der Waals surface area contributed by atoms with Crippen LogP contribution in [0.25, 0.3) is 21.6 Å². The minimum absolute atomic E-state index is 0.0601. The summed E-state index contributed by atoms with van der Waals surface area (Å²) in [6.07, 6.45) is -3.65. The monoisotopic (exact) mass is 504 g/mol. The maximum Gasteiger partial charge on any atom is 0.466 e. The number of aliphatic hydroxyl groups is 3. The Morgan fingerprint density at radius 3 is 2.09 bits per heavy atom. The fourth-order valence-corrected chi connectivity index (χ4v) is 2.35. The molecule has 1 aliphatic heterocycles. The van der Waals surface area contributed by atoms with Gasteiger partial charge in [-0.25, -0.2) is 24.1 Å². The van der Waals surface area contributed by atoms with E-state index in [1.165, 1.54) is 10.9 Å². The standard InChI is InChI=1S/C10H12N8O4.2H3O4P/c11-7-4-8(14-2-13-7)18(10(15-4)16-17-12)9-6(21)5(20)3(1-19)22-9;2*1-5(2,3)4/h2-3,5-6,9,19-21H,1H2,(H2,11,13,14);2*(H3,1,2,3,4)/t3-,5-,6-,9-;;/m1../s1. The summed E-state index contributed by atoms with van der Waals surface area (Å²) in [4.78, 5) is 57.6. The van der Waals surface area contributed by atoms with Gasteiger partial charge in [0.1, 0.15) is 24.6 Å². The number of anilines is 1. The lowest BCUT2D eigenvalue weighted by molar-refractivity contribution is -0.0502. The fraction of sp³-hybridized carbons (Fsp3) is 0.500. The van der Waals surface area contributed by atoms with Crippen LogP contribution in [0.3, 0.4) is 0 Å². The average molecular weight is 504 g/mol. The van der Waals surface area contributed by atoms with Crippen molar-refractivity contribution in [3.05, 3.63) is 16.8 Å². The molecule has 11 N–H and O–H groups in total. The summed E-state index contributed by atoms with van der Waals surface area (Å²) >= 11 is 0. The van der Waals surface area contributed by atoms with E-state index in [0.29, 0.717) is 0 Å². The third kappa shape index (κ3) is 8.34. The highest BCUT2D eigenvalue weighted by atomic mass is 31.2. The first-order valence-electron chi connectivity index (χ1n) is 7.81. The molecule has 3 heterocycles. The van der Waals surface area contributed by atoms with E-state index in [9.17, 15) is 10.2 Å². The van der Waals surface area contributed by atoms with Crippen molar-refractivity contribution in [3.63, 3.8) is 0 Å². The lowest BCUT2D eigenvalue weighted by atomic mass is 10.1. The quantitative estimate of drug-likeness (QED) is 0.0867. The van der Waals surface area contributed by atoms with E-state index in [1.807, 2.05) is 0 Å². The summed E-state index contributed by atoms with van der Waals surface area (Å²) in [7, 11) is -9.28. The van der Waals surface area contributed by atoms with Gasteiger partial charge in [0.05, 0.1) is 6.61 Å². The second-order valence-corrected chi connectivity index (χ2v) is 7.71. The van der Waals surface area contributed by atoms with Gasteiger partial charge in [-0.05, 0) is 10.6 Å².